The third-order valence-electron chi connectivity index (χ3n) is 9.07. The van der Waals surface area contributed by atoms with Crippen molar-refractivity contribution in [2.75, 3.05) is 5.88 Å². The molecule has 0 aromatic carbocycles. The Morgan fingerprint density at radius 2 is 2.00 bits per heavy atom. The zero-order valence-electron chi connectivity index (χ0n) is 16.4. The van der Waals surface area contributed by atoms with Crippen molar-refractivity contribution in [3.05, 3.63) is 11.6 Å². The number of carbonyl (C=O) groups is 2. The molecule has 0 amide bonds. The monoisotopic (exact) mass is 396 g/mol. The molecule has 0 spiro atoms. The van der Waals surface area contributed by atoms with Gasteiger partial charge in [0.1, 0.15) is 11.8 Å². The lowest BCUT2D eigenvalue weighted by atomic mass is 9.46. The normalized spacial score (nSPS) is 51.9. The van der Waals surface area contributed by atoms with Crippen LogP contribution in [-0.2, 0) is 9.59 Å². The van der Waals surface area contributed by atoms with E-state index >= 15 is 4.39 Å². The molecule has 0 saturated heterocycles. The zero-order chi connectivity index (χ0) is 19.8. The van der Waals surface area contributed by atoms with Crippen LogP contribution in [0, 0.1) is 34.5 Å². The van der Waals surface area contributed by atoms with E-state index in [1.165, 1.54) is 0 Å². The molecule has 8 atom stereocenters. The van der Waals surface area contributed by atoms with Crippen LogP contribution in [0.25, 0.3) is 0 Å². The molecule has 4 aliphatic rings. The standard InChI is InChI=1S/C22H30ClFO3/c1-12-8-16-14-10-18(24)17-9-13(25)4-6-20(17,2)15(14)5-7-21(16,3)22(12,27)19(26)11-23/h9,12,14-16,18,27H,4-8,10-11H2,1-3H3/t12?,14-,15+,16+,18?,20-,21+,22+/m1/s1. The largest absolute Gasteiger partial charge is 0.381 e. The first kappa shape index (κ1) is 19.6. The van der Waals surface area contributed by atoms with Gasteiger partial charge in [0.25, 0.3) is 0 Å². The summed E-state index contributed by atoms with van der Waals surface area (Å²) < 4.78 is 15.2. The van der Waals surface area contributed by atoms with E-state index in [2.05, 4.69) is 6.92 Å². The highest BCUT2D eigenvalue weighted by molar-refractivity contribution is 6.29. The molecule has 3 saturated carbocycles. The topological polar surface area (TPSA) is 54.4 Å². The van der Waals surface area contributed by atoms with Crippen molar-refractivity contribution >= 4 is 23.2 Å². The maximum atomic E-state index is 15.2. The summed E-state index contributed by atoms with van der Waals surface area (Å²) in [5, 5.41) is 11.5. The molecule has 3 fully saturated rings. The highest BCUT2D eigenvalue weighted by Gasteiger charge is 2.69. The van der Waals surface area contributed by atoms with Crippen LogP contribution >= 0.6 is 11.6 Å². The Balaban J connectivity index is 1.75. The van der Waals surface area contributed by atoms with Gasteiger partial charge in [-0.2, -0.15) is 0 Å². The first-order valence-corrected chi connectivity index (χ1v) is 10.8. The maximum absolute atomic E-state index is 15.2. The summed E-state index contributed by atoms with van der Waals surface area (Å²) in [5.74, 6) is -0.0545. The molecule has 3 nitrogen and oxygen atoms in total. The van der Waals surface area contributed by atoms with Gasteiger partial charge in [0, 0.05) is 11.8 Å². The van der Waals surface area contributed by atoms with Crippen molar-refractivity contribution in [3.8, 4) is 0 Å². The Kier molecular flexibility index (Phi) is 4.44. The van der Waals surface area contributed by atoms with Crippen LogP contribution in [0.1, 0.15) is 59.3 Å². The molecule has 0 aliphatic heterocycles. The van der Waals surface area contributed by atoms with Crippen molar-refractivity contribution in [3.63, 3.8) is 0 Å². The smallest absolute Gasteiger partial charge is 0.179 e. The molecule has 4 aliphatic carbocycles. The summed E-state index contributed by atoms with van der Waals surface area (Å²) in [6.45, 7) is 6.09. The number of carbonyl (C=O) groups excluding carboxylic acids is 2. The maximum Gasteiger partial charge on any atom is 0.179 e. The van der Waals surface area contributed by atoms with Crippen molar-refractivity contribution in [1.29, 1.82) is 0 Å². The van der Waals surface area contributed by atoms with E-state index in [0.717, 1.165) is 19.3 Å². The number of fused-ring (bicyclic) bond motifs is 5. The molecule has 2 unspecified atom stereocenters. The van der Waals surface area contributed by atoms with Gasteiger partial charge >= 0.3 is 0 Å². The van der Waals surface area contributed by atoms with Crippen LogP contribution in [0.4, 0.5) is 4.39 Å². The van der Waals surface area contributed by atoms with E-state index < -0.39 is 17.2 Å². The molecule has 4 rings (SSSR count). The average Bonchev–Trinajstić information content (AvgIpc) is 2.84. The third kappa shape index (κ3) is 2.35. The number of hydrogen-bond acceptors (Lipinski definition) is 3. The van der Waals surface area contributed by atoms with E-state index in [9.17, 15) is 14.7 Å². The van der Waals surface area contributed by atoms with Gasteiger partial charge in [0.15, 0.2) is 11.6 Å². The number of aliphatic hydroxyl groups is 1. The molecule has 0 radical (unpaired) electrons. The van der Waals surface area contributed by atoms with E-state index in [0.29, 0.717) is 30.8 Å². The third-order valence-corrected chi connectivity index (χ3v) is 9.31. The minimum Gasteiger partial charge on any atom is -0.381 e. The Bertz CT molecular complexity index is 720. The molecule has 5 heteroatoms. The SMILES string of the molecule is CC1C[C@H]2[C@@H]3CC(F)C4=CC(=O)CC[C@]4(C)[C@H]3CC[C@]2(C)[C@@]1(O)C(=O)CCl. The highest BCUT2D eigenvalue weighted by Crippen LogP contribution is 2.69. The van der Waals surface area contributed by atoms with Crippen molar-refractivity contribution in [1.82, 2.24) is 0 Å². The number of hydrogen-bond donors (Lipinski definition) is 1. The van der Waals surface area contributed by atoms with Gasteiger partial charge in [-0.15, -0.1) is 11.6 Å². The molecule has 0 bridgehead atoms. The van der Waals surface area contributed by atoms with Gasteiger partial charge in [-0.1, -0.05) is 20.8 Å². The molecular weight excluding hydrogens is 367 g/mol. The van der Waals surface area contributed by atoms with Gasteiger partial charge in [0.2, 0.25) is 0 Å². The van der Waals surface area contributed by atoms with E-state index in [4.69, 9.17) is 11.6 Å². The minimum atomic E-state index is -1.42. The summed E-state index contributed by atoms with van der Waals surface area (Å²) in [6.07, 6.45) is 4.41. The molecule has 1 N–H and O–H groups in total. The first-order chi connectivity index (χ1) is 12.6. The lowest BCUT2D eigenvalue weighted by molar-refractivity contribution is -0.166. The lowest BCUT2D eigenvalue weighted by Crippen LogP contribution is -2.60. The number of alkyl halides is 2. The van der Waals surface area contributed by atoms with Crippen LogP contribution in [0.5, 0.6) is 0 Å². The second-order valence-corrected chi connectivity index (χ2v) is 10.2. The zero-order valence-corrected chi connectivity index (χ0v) is 17.2. The van der Waals surface area contributed by atoms with Gasteiger partial charge < -0.3 is 5.11 Å². The van der Waals surface area contributed by atoms with E-state index in [-0.39, 0.29) is 40.6 Å². The van der Waals surface area contributed by atoms with Gasteiger partial charge in [0.05, 0.1) is 5.88 Å². The second-order valence-electron chi connectivity index (χ2n) is 9.98. The summed E-state index contributed by atoms with van der Waals surface area (Å²) >= 11 is 5.86. The highest BCUT2D eigenvalue weighted by atomic mass is 35.5. The Morgan fingerprint density at radius 1 is 1.30 bits per heavy atom. The number of halogens is 2. The van der Waals surface area contributed by atoms with E-state index in [1.54, 1.807) is 6.08 Å². The Morgan fingerprint density at radius 3 is 2.67 bits per heavy atom. The molecule has 27 heavy (non-hydrogen) atoms. The van der Waals surface area contributed by atoms with Crippen LogP contribution < -0.4 is 0 Å². The van der Waals surface area contributed by atoms with Crippen molar-refractivity contribution in [2.24, 2.45) is 34.5 Å². The average molecular weight is 397 g/mol. The van der Waals surface area contributed by atoms with Crippen LogP contribution in [-0.4, -0.2) is 34.3 Å². The number of rotatable bonds is 2. The van der Waals surface area contributed by atoms with Crippen LogP contribution in [0.2, 0.25) is 0 Å². The van der Waals surface area contributed by atoms with Gasteiger partial charge in [-0.05, 0) is 72.8 Å². The minimum absolute atomic E-state index is 0.0424. The molecule has 0 heterocycles. The van der Waals surface area contributed by atoms with Gasteiger partial charge in [-0.25, -0.2) is 4.39 Å². The Labute approximate surface area is 165 Å². The first-order valence-electron chi connectivity index (χ1n) is 10.3. The van der Waals surface area contributed by atoms with E-state index in [1.807, 2.05) is 13.8 Å². The van der Waals surface area contributed by atoms with Crippen LogP contribution in [0.3, 0.4) is 0 Å². The number of ketones is 2. The summed E-state index contributed by atoms with van der Waals surface area (Å²) in [7, 11) is 0. The molecule has 0 aromatic rings. The fraction of sp³-hybridized carbons (Fsp3) is 0.818. The quantitative estimate of drug-likeness (QED) is 0.710. The molecule has 150 valence electrons. The van der Waals surface area contributed by atoms with Crippen molar-refractivity contribution in [2.45, 2.75) is 71.1 Å². The Hall–Kier alpha value is -0.740. The predicted octanol–water partition coefficient (Wildman–Crippen LogP) is 4.25. The number of Topliss-reactive ketones (excluding diaryl/α,β-unsaturated/α-hetero) is 1. The fourth-order valence-electron chi connectivity index (χ4n) is 7.60. The summed E-state index contributed by atoms with van der Waals surface area (Å²) in [6, 6.07) is 0. The fourth-order valence-corrected chi connectivity index (χ4v) is 7.80. The lowest BCUT2D eigenvalue weighted by Gasteiger charge is -2.59. The van der Waals surface area contributed by atoms with Crippen molar-refractivity contribution < 1.29 is 19.1 Å². The van der Waals surface area contributed by atoms with Crippen LogP contribution in [0.15, 0.2) is 11.6 Å². The molecule has 0 aromatic heterocycles. The molecular formula is C22H30ClFO3. The predicted molar refractivity (Wildman–Crippen MR) is 102 cm³/mol. The second kappa shape index (κ2) is 6.13. The van der Waals surface area contributed by atoms with Gasteiger partial charge in [-0.3, -0.25) is 9.59 Å². The summed E-state index contributed by atoms with van der Waals surface area (Å²) in [5.41, 5.74) is -1.56. The number of allylic oxidation sites excluding steroid dienone is 1. The summed E-state index contributed by atoms with van der Waals surface area (Å²) in [4.78, 5) is 24.6.